The maximum atomic E-state index is 12.3. The second-order valence-electron chi connectivity index (χ2n) is 5.11. The minimum atomic E-state index is -0.0454. The Morgan fingerprint density at radius 2 is 2.05 bits per heavy atom. The molecule has 2 rings (SSSR count). The molecule has 1 aliphatic heterocycles. The summed E-state index contributed by atoms with van der Waals surface area (Å²) in [5.41, 5.74) is 6.20. The van der Waals surface area contributed by atoms with Crippen LogP contribution in [0.4, 0.5) is 0 Å². The average Bonchev–Trinajstić information content (AvgIpc) is 2.43. The largest absolute Gasteiger partial charge is 0.392 e. The highest BCUT2D eigenvalue weighted by Crippen LogP contribution is 2.22. The van der Waals surface area contributed by atoms with E-state index in [0.717, 1.165) is 34.9 Å². The number of likely N-dealkylation sites (tertiary alicyclic amines) is 1. The zero-order valence-electron chi connectivity index (χ0n) is 11.4. The summed E-state index contributed by atoms with van der Waals surface area (Å²) in [4.78, 5) is 15.1. The van der Waals surface area contributed by atoms with Crippen LogP contribution >= 0.6 is 44.1 Å². The number of benzene rings is 1. The topological polar surface area (TPSA) is 58.4 Å². The van der Waals surface area contributed by atoms with Crippen LogP contribution in [0.5, 0.6) is 0 Å². The van der Waals surface area contributed by atoms with Gasteiger partial charge < -0.3 is 11.1 Å². The minimum absolute atomic E-state index is 0.0454. The SMILES string of the molecule is NC(=S)CN1CCC(NC(=O)c2cc(Br)ccc2Br)CC1. The summed E-state index contributed by atoms with van der Waals surface area (Å²) in [6.07, 6.45) is 1.83. The molecule has 0 spiro atoms. The van der Waals surface area contributed by atoms with Crippen LogP contribution in [0.3, 0.4) is 0 Å². The molecule has 114 valence electrons. The van der Waals surface area contributed by atoms with Crippen LogP contribution in [0.25, 0.3) is 0 Å². The number of nitrogens with two attached hydrogens (primary N) is 1. The van der Waals surface area contributed by atoms with Gasteiger partial charge in [0, 0.05) is 34.6 Å². The Morgan fingerprint density at radius 3 is 2.67 bits per heavy atom. The highest BCUT2D eigenvalue weighted by atomic mass is 79.9. The van der Waals surface area contributed by atoms with Gasteiger partial charge in [0.05, 0.1) is 10.6 Å². The number of halogens is 2. The number of nitrogens with zero attached hydrogens (tertiary/aromatic N) is 1. The number of hydrogen-bond acceptors (Lipinski definition) is 3. The number of amides is 1. The predicted octanol–water partition coefficient (Wildman–Crippen LogP) is 2.69. The van der Waals surface area contributed by atoms with Crippen molar-refractivity contribution < 1.29 is 4.79 Å². The number of carbonyl (C=O) groups is 1. The third-order valence-electron chi connectivity index (χ3n) is 3.48. The molecular weight excluding hydrogens is 418 g/mol. The summed E-state index contributed by atoms with van der Waals surface area (Å²) in [5, 5.41) is 3.10. The van der Waals surface area contributed by atoms with Crippen molar-refractivity contribution in [3.05, 3.63) is 32.7 Å². The first-order chi connectivity index (χ1) is 9.95. The maximum absolute atomic E-state index is 12.3. The molecule has 0 unspecified atom stereocenters. The van der Waals surface area contributed by atoms with Crippen LogP contribution in [0.15, 0.2) is 27.1 Å². The van der Waals surface area contributed by atoms with Crippen molar-refractivity contribution in [3.63, 3.8) is 0 Å². The smallest absolute Gasteiger partial charge is 0.252 e. The van der Waals surface area contributed by atoms with Crippen molar-refractivity contribution in [1.82, 2.24) is 10.2 Å². The van der Waals surface area contributed by atoms with E-state index in [0.29, 0.717) is 17.1 Å². The van der Waals surface area contributed by atoms with Crippen molar-refractivity contribution in [2.45, 2.75) is 18.9 Å². The van der Waals surface area contributed by atoms with E-state index in [-0.39, 0.29) is 11.9 Å². The summed E-state index contributed by atoms with van der Waals surface area (Å²) in [6, 6.07) is 5.78. The van der Waals surface area contributed by atoms with E-state index < -0.39 is 0 Å². The van der Waals surface area contributed by atoms with Gasteiger partial charge in [-0.25, -0.2) is 0 Å². The second-order valence-corrected chi connectivity index (χ2v) is 7.41. The van der Waals surface area contributed by atoms with Crippen LogP contribution in [0.2, 0.25) is 0 Å². The van der Waals surface area contributed by atoms with Crippen molar-refractivity contribution >= 4 is 55.0 Å². The fourth-order valence-corrected chi connectivity index (χ4v) is 3.36. The Bertz CT molecular complexity index is 545. The van der Waals surface area contributed by atoms with Crippen molar-refractivity contribution in [1.29, 1.82) is 0 Å². The monoisotopic (exact) mass is 433 g/mol. The van der Waals surface area contributed by atoms with Gasteiger partial charge in [0.1, 0.15) is 0 Å². The summed E-state index contributed by atoms with van der Waals surface area (Å²) in [5.74, 6) is -0.0454. The number of thiocarbonyl (C=S) groups is 1. The Labute approximate surface area is 146 Å². The number of rotatable bonds is 4. The third-order valence-corrected chi connectivity index (χ3v) is 4.79. The van der Waals surface area contributed by atoms with Crippen molar-refractivity contribution in [2.24, 2.45) is 5.73 Å². The van der Waals surface area contributed by atoms with Crippen LogP contribution < -0.4 is 11.1 Å². The van der Waals surface area contributed by atoms with Crippen LogP contribution in [0.1, 0.15) is 23.2 Å². The standard InChI is InChI=1S/C14H17Br2N3OS/c15-9-1-2-12(16)11(7-9)14(20)18-10-3-5-19(6-4-10)8-13(17)21/h1-2,7,10H,3-6,8H2,(H2,17,21)(H,18,20). The van der Waals surface area contributed by atoms with E-state index in [9.17, 15) is 4.79 Å². The molecule has 0 radical (unpaired) electrons. The molecule has 1 aromatic rings. The zero-order valence-corrected chi connectivity index (χ0v) is 15.4. The molecule has 7 heteroatoms. The first kappa shape index (κ1) is 16.9. The molecule has 0 aromatic heterocycles. The first-order valence-corrected chi connectivity index (χ1v) is 8.71. The Hall–Kier alpha value is -0.500. The molecule has 3 N–H and O–H groups in total. The van der Waals surface area contributed by atoms with E-state index in [1.54, 1.807) is 0 Å². The van der Waals surface area contributed by atoms with Gasteiger partial charge in [0.2, 0.25) is 0 Å². The lowest BCUT2D eigenvalue weighted by Gasteiger charge is -2.32. The molecule has 1 aliphatic rings. The fraction of sp³-hybridized carbons (Fsp3) is 0.429. The predicted molar refractivity (Wildman–Crippen MR) is 95.6 cm³/mol. The molecule has 1 fully saturated rings. The van der Waals surface area contributed by atoms with Gasteiger partial charge >= 0.3 is 0 Å². The molecule has 0 aliphatic carbocycles. The highest BCUT2D eigenvalue weighted by Gasteiger charge is 2.22. The van der Waals surface area contributed by atoms with E-state index in [1.807, 2.05) is 18.2 Å². The molecule has 1 heterocycles. The summed E-state index contributed by atoms with van der Waals surface area (Å²) in [6.45, 7) is 2.47. The lowest BCUT2D eigenvalue weighted by Crippen LogP contribution is -2.46. The number of carbonyl (C=O) groups excluding carboxylic acids is 1. The average molecular weight is 435 g/mol. The molecule has 0 atom stereocenters. The Balaban J connectivity index is 1.90. The van der Waals surface area contributed by atoms with E-state index in [2.05, 4.69) is 42.1 Å². The lowest BCUT2D eigenvalue weighted by molar-refractivity contribution is 0.0914. The normalized spacial score (nSPS) is 16.7. The molecule has 4 nitrogen and oxygen atoms in total. The summed E-state index contributed by atoms with van der Waals surface area (Å²) < 4.78 is 1.69. The quantitative estimate of drug-likeness (QED) is 0.715. The van der Waals surface area contributed by atoms with Gasteiger partial charge in [0.15, 0.2) is 0 Å². The molecule has 1 saturated heterocycles. The molecular formula is C14H17Br2N3OS. The highest BCUT2D eigenvalue weighted by molar-refractivity contribution is 9.11. The fourth-order valence-electron chi connectivity index (χ4n) is 2.39. The van der Waals surface area contributed by atoms with Gasteiger partial charge in [0.25, 0.3) is 5.91 Å². The number of piperidine rings is 1. The van der Waals surface area contributed by atoms with Gasteiger partial charge in [-0.1, -0.05) is 28.1 Å². The zero-order chi connectivity index (χ0) is 15.4. The van der Waals surface area contributed by atoms with E-state index in [1.165, 1.54) is 0 Å². The number of nitrogens with one attached hydrogen (secondary N) is 1. The van der Waals surface area contributed by atoms with Crippen LogP contribution in [0, 0.1) is 0 Å². The third kappa shape index (κ3) is 5.02. The van der Waals surface area contributed by atoms with Gasteiger partial charge in [-0.2, -0.15) is 0 Å². The van der Waals surface area contributed by atoms with Gasteiger partial charge in [-0.15, -0.1) is 0 Å². The van der Waals surface area contributed by atoms with E-state index >= 15 is 0 Å². The Morgan fingerprint density at radius 1 is 1.38 bits per heavy atom. The summed E-state index contributed by atoms with van der Waals surface area (Å²) >= 11 is 11.7. The maximum Gasteiger partial charge on any atom is 0.252 e. The molecule has 0 saturated carbocycles. The first-order valence-electron chi connectivity index (χ1n) is 6.72. The van der Waals surface area contributed by atoms with Crippen molar-refractivity contribution in [3.8, 4) is 0 Å². The molecule has 1 aromatic carbocycles. The van der Waals surface area contributed by atoms with Crippen LogP contribution in [-0.4, -0.2) is 41.5 Å². The molecule has 21 heavy (non-hydrogen) atoms. The Kier molecular flexibility index (Phi) is 6.16. The van der Waals surface area contributed by atoms with Gasteiger partial charge in [-0.3, -0.25) is 9.69 Å². The summed E-state index contributed by atoms with van der Waals surface area (Å²) in [7, 11) is 0. The minimum Gasteiger partial charge on any atom is -0.392 e. The second kappa shape index (κ2) is 7.67. The van der Waals surface area contributed by atoms with Crippen molar-refractivity contribution in [2.75, 3.05) is 19.6 Å². The van der Waals surface area contributed by atoms with Crippen LogP contribution in [-0.2, 0) is 0 Å². The van der Waals surface area contributed by atoms with E-state index in [4.69, 9.17) is 18.0 Å². The lowest BCUT2D eigenvalue weighted by atomic mass is 10.0. The number of hydrogen-bond donors (Lipinski definition) is 2. The molecule has 0 bridgehead atoms. The molecule has 1 amide bonds. The van der Waals surface area contributed by atoms with Gasteiger partial charge in [-0.05, 0) is 47.0 Å².